The van der Waals surface area contributed by atoms with E-state index >= 15 is 0 Å². The Hall–Kier alpha value is -3.46. The van der Waals surface area contributed by atoms with E-state index in [9.17, 15) is 9.90 Å². The number of rotatable bonds is 10. The largest absolute Gasteiger partial charge is 0.392 e. The highest BCUT2D eigenvalue weighted by Crippen LogP contribution is 2.39. The number of benzene rings is 5. The Kier molecular flexibility index (Phi) is 11.3. The fourth-order valence-electron chi connectivity index (χ4n) is 6.21. The number of nitrogens with zero attached hydrogens (tertiary/aromatic N) is 1. The number of aliphatic hydroxyl groups excluding tert-OH is 1. The number of halogens is 3. The van der Waals surface area contributed by atoms with Gasteiger partial charge in [0.05, 0.1) is 18.8 Å². The van der Waals surface area contributed by atoms with Gasteiger partial charge in [-0.2, -0.15) is 0 Å². The highest BCUT2D eigenvalue weighted by atomic mass is 35.6. The van der Waals surface area contributed by atoms with E-state index < -0.39 is 16.0 Å². The minimum absolute atomic E-state index is 0.00350. The Morgan fingerprint density at radius 3 is 2.27 bits per heavy atom. The molecule has 1 heterocycles. The number of amides is 1. The number of alkyl halides is 3. The van der Waals surface area contributed by atoms with Crippen molar-refractivity contribution in [3.05, 3.63) is 143 Å². The molecule has 4 atom stereocenters. The number of likely N-dealkylation sites (N-methyl/N-ethyl adjacent to an activating group) is 1. The van der Waals surface area contributed by atoms with Crippen LogP contribution in [0.4, 0.5) is 0 Å². The van der Waals surface area contributed by atoms with Gasteiger partial charge in [0, 0.05) is 31.1 Å². The van der Waals surface area contributed by atoms with Gasteiger partial charge < -0.3 is 19.9 Å². The maximum atomic E-state index is 12.0. The predicted octanol–water partition coefficient (Wildman–Crippen LogP) is 9.22. The average molecular weight is 718 g/mol. The quantitative estimate of drug-likeness (QED) is 0.141. The minimum atomic E-state index is -2.01. The summed E-state index contributed by atoms with van der Waals surface area (Å²) in [5.74, 6) is -0.671. The van der Waals surface area contributed by atoms with Gasteiger partial charge >= 0.3 is 0 Å². The van der Waals surface area contributed by atoms with Crippen LogP contribution in [0.2, 0.25) is 0 Å². The molecule has 0 radical (unpaired) electrons. The lowest BCUT2D eigenvalue weighted by Crippen LogP contribution is -2.38. The Bertz CT molecular complexity index is 1880. The van der Waals surface area contributed by atoms with Crippen molar-refractivity contribution in [1.82, 2.24) is 10.2 Å². The summed E-state index contributed by atoms with van der Waals surface area (Å²) in [5.41, 5.74) is 6.96. The molecule has 0 bridgehead atoms. The van der Waals surface area contributed by atoms with Gasteiger partial charge in [0.2, 0.25) is 0 Å². The second-order valence-corrected chi connectivity index (χ2v) is 14.9. The molecule has 0 aliphatic carbocycles. The summed E-state index contributed by atoms with van der Waals surface area (Å²) in [6.07, 6.45) is -0.138. The molecule has 49 heavy (non-hydrogen) atoms. The fraction of sp³-hybridized carbons (Fsp3) is 0.275. The van der Waals surface area contributed by atoms with Crippen molar-refractivity contribution >= 4 is 51.5 Å². The smallest absolute Gasteiger partial charge is 0.272 e. The Labute approximate surface area is 302 Å². The van der Waals surface area contributed by atoms with Gasteiger partial charge in [0.15, 0.2) is 6.29 Å². The van der Waals surface area contributed by atoms with Crippen LogP contribution in [0.3, 0.4) is 0 Å². The van der Waals surface area contributed by atoms with E-state index in [1.54, 1.807) is 0 Å². The van der Waals surface area contributed by atoms with Crippen molar-refractivity contribution in [2.75, 3.05) is 13.6 Å². The molecule has 1 aliphatic heterocycles. The summed E-state index contributed by atoms with van der Waals surface area (Å²) in [4.78, 5) is 14.3. The van der Waals surface area contributed by atoms with E-state index in [0.717, 1.165) is 39.9 Å². The lowest BCUT2D eigenvalue weighted by molar-refractivity contribution is -0.253. The monoisotopic (exact) mass is 716 g/mol. The third-order valence-electron chi connectivity index (χ3n) is 9.18. The van der Waals surface area contributed by atoms with Gasteiger partial charge in [-0.25, -0.2) is 0 Å². The number of carbonyl (C=O) groups is 1. The molecule has 0 aromatic heterocycles. The number of nitrogens with one attached hydrogen (secondary N) is 1. The summed E-state index contributed by atoms with van der Waals surface area (Å²) < 4.78 is 11.3. The molecule has 5 aromatic carbocycles. The standard InChI is InChI=1S/C40H39Cl3N2O4/c1-26(33-19-16-29-7-3-4-8-35(29)21-33)45(2)24-36-22-37(31-12-10-27(25-46)11-13-31)49-38(48-36)32-17-14-30(15-18-32)34-9-5-6-28(20-34)23-44-39(47)40(41,42)43/h3-21,26,36-38,46H,22-25H2,1-2H3,(H,44,47)/t26-,36+,37-,38-/m1/s1. The molecule has 254 valence electrons. The van der Waals surface area contributed by atoms with Crippen molar-refractivity contribution in [3.8, 4) is 11.1 Å². The predicted molar refractivity (Wildman–Crippen MR) is 197 cm³/mol. The third kappa shape index (κ3) is 8.83. The normalized spacial score (nSPS) is 18.8. The summed E-state index contributed by atoms with van der Waals surface area (Å²) in [7, 11) is 2.14. The van der Waals surface area contributed by atoms with Crippen molar-refractivity contribution in [2.24, 2.45) is 0 Å². The molecule has 6 rings (SSSR count). The van der Waals surface area contributed by atoms with E-state index in [-0.39, 0.29) is 31.4 Å². The van der Waals surface area contributed by atoms with Crippen LogP contribution in [0.5, 0.6) is 0 Å². The van der Waals surface area contributed by atoms with Gasteiger partial charge in [0.25, 0.3) is 9.70 Å². The fourth-order valence-corrected chi connectivity index (χ4v) is 6.41. The molecular weight excluding hydrogens is 679 g/mol. The van der Waals surface area contributed by atoms with Gasteiger partial charge in [-0.15, -0.1) is 0 Å². The van der Waals surface area contributed by atoms with Crippen LogP contribution in [0.1, 0.15) is 59.6 Å². The molecule has 1 fully saturated rings. The van der Waals surface area contributed by atoms with Crippen LogP contribution in [0.25, 0.3) is 21.9 Å². The summed E-state index contributed by atoms with van der Waals surface area (Å²) in [5, 5.41) is 14.7. The molecular formula is C40H39Cl3N2O4. The van der Waals surface area contributed by atoms with E-state index in [1.165, 1.54) is 16.3 Å². The molecule has 1 amide bonds. The Morgan fingerprint density at radius 2 is 1.55 bits per heavy atom. The molecule has 6 nitrogen and oxygen atoms in total. The highest BCUT2D eigenvalue weighted by molar-refractivity contribution is 6.76. The maximum Gasteiger partial charge on any atom is 0.272 e. The number of hydrogen-bond donors (Lipinski definition) is 2. The highest BCUT2D eigenvalue weighted by Gasteiger charge is 2.34. The zero-order chi connectivity index (χ0) is 34.5. The zero-order valence-electron chi connectivity index (χ0n) is 27.4. The third-order valence-corrected chi connectivity index (χ3v) is 9.69. The summed E-state index contributed by atoms with van der Waals surface area (Å²) >= 11 is 17.1. The molecule has 0 unspecified atom stereocenters. The van der Waals surface area contributed by atoms with E-state index in [2.05, 4.69) is 66.7 Å². The SMILES string of the molecule is C[C@H](c1ccc2ccccc2c1)N(C)C[C@@H]1C[C@H](c2ccc(CO)cc2)O[C@H](c2ccc(-c3cccc(CNC(=O)C(Cl)(Cl)Cl)c3)cc2)O1. The maximum absolute atomic E-state index is 12.0. The molecule has 0 spiro atoms. The zero-order valence-corrected chi connectivity index (χ0v) is 29.6. The second kappa shape index (κ2) is 15.6. The van der Waals surface area contributed by atoms with Crippen LogP contribution in [-0.4, -0.2) is 39.4 Å². The molecule has 1 aliphatic rings. The lowest BCUT2D eigenvalue weighted by atomic mass is 9.98. The van der Waals surface area contributed by atoms with Crippen LogP contribution in [0.15, 0.2) is 115 Å². The second-order valence-electron chi connectivity index (χ2n) is 12.6. The average Bonchev–Trinajstić information content (AvgIpc) is 3.13. The van der Waals surface area contributed by atoms with Crippen LogP contribution >= 0.6 is 34.8 Å². The number of fused-ring (bicyclic) bond motifs is 1. The number of hydrogen-bond acceptors (Lipinski definition) is 5. The van der Waals surface area contributed by atoms with Crippen molar-refractivity contribution < 1.29 is 19.4 Å². The van der Waals surface area contributed by atoms with Gasteiger partial charge in [-0.05, 0) is 70.3 Å². The molecule has 2 N–H and O–H groups in total. The van der Waals surface area contributed by atoms with Crippen LogP contribution < -0.4 is 5.32 Å². The number of carbonyl (C=O) groups excluding carboxylic acids is 1. The number of aliphatic hydroxyl groups is 1. The molecule has 9 heteroatoms. The number of ether oxygens (including phenoxy) is 2. The lowest BCUT2D eigenvalue weighted by Gasteiger charge is -2.39. The van der Waals surface area contributed by atoms with Crippen molar-refractivity contribution in [3.63, 3.8) is 0 Å². The van der Waals surface area contributed by atoms with Gasteiger partial charge in [0.1, 0.15) is 0 Å². The first-order chi connectivity index (χ1) is 23.6. The van der Waals surface area contributed by atoms with E-state index in [0.29, 0.717) is 6.42 Å². The summed E-state index contributed by atoms with van der Waals surface area (Å²) in [6.45, 7) is 3.18. The van der Waals surface area contributed by atoms with Crippen LogP contribution in [-0.2, 0) is 27.4 Å². The first-order valence-electron chi connectivity index (χ1n) is 16.3. The first kappa shape index (κ1) is 35.4. The van der Waals surface area contributed by atoms with Crippen molar-refractivity contribution in [1.29, 1.82) is 0 Å². The molecule has 0 saturated carbocycles. The first-order valence-corrected chi connectivity index (χ1v) is 17.4. The minimum Gasteiger partial charge on any atom is -0.392 e. The van der Waals surface area contributed by atoms with Crippen LogP contribution in [0, 0.1) is 0 Å². The van der Waals surface area contributed by atoms with Crippen molar-refractivity contribution in [2.45, 2.75) is 54.8 Å². The molecule has 1 saturated heterocycles. The Balaban J connectivity index is 1.19. The summed E-state index contributed by atoms with van der Waals surface area (Å²) in [6, 6.07) is 39.2. The van der Waals surface area contributed by atoms with E-state index in [4.69, 9.17) is 44.3 Å². The van der Waals surface area contributed by atoms with Gasteiger partial charge in [-0.3, -0.25) is 9.69 Å². The topological polar surface area (TPSA) is 71.0 Å². The molecule has 5 aromatic rings. The Morgan fingerprint density at radius 1 is 0.837 bits per heavy atom. The van der Waals surface area contributed by atoms with E-state index in [1.807, 2.05) is 72.8 Å². The van der Waals surface area contributed by atoms with Gasteiger partial charge in [-0.1, -0.05) is 138 Å².